The third-order valence-electron chi connectivity index (χ3n) is 3.41. The first kappa shape index (κ1) is 12.2. The van der Waals surface area contributed by atoms with Crippen LogP contribution < -0.4 is 15.0 Å². The summed E-state index contributed by atoms with van der Waals surface area (Å²) in [7, 11) is 2.05. The molecule has 1 aromatic carbocycles. The van der Waals surface area contributed by atoms with Crippen molar-refractivity contribution in [3.63, 3.8) is 0 Å². The molecule has 0 bridgehead atoms. The van der Waals surface area contributed by atoms with Crippen molar-refractivity contribution in [3.05, 3.63) is 24.3 Å². The summed E-state index contributed by atoms with van der Waals surface area (Å²) in [6.07, 6.45) is 2.41. The minimum atomic E-state index is 0.672. The predicted octanol–water partition coefficient (Wildman–Crippen LogP) is 2.27. The quantitative estimate of drug-likeness (QED) is 0.865. The zero-order valence-electron chi connectivity index (χ0n) is 10.8. The second-order valence-corrected chi connectivity index (χ2v) is 4.45. The molecule has 0 spiro atoms. The van der Waals surface area contributed by atoms with Gasteiger partial charge in [0.15, 0.2) is 0 Å². The Bertz CT molecular complexity index is 346. The summed E-state index contributed by atoms with van der Waals surface area (Å²) in [5.74, 6) is 1.01. The van der Waals surface area contributed by atoms with Crippen LogP contribution in [-0.2, 0) is 0 Å². The first-order chi connectivity index (χ1) is 8.35. The minimum Gasteiger partial charge on any atom is -0.492 e. The average Bonchev–Trinajstić information content (AvgIpc) is 2.40. The number of benzene rings is 1. The molecule has 0 aliphatic carbocycles. The predicted molar refractivity (Wildman–Crippen MR) is 71.9 cm³/mol. The summed E-state index contributed by atoms with van der Waals surface area (Å²) in [5, 5.41) is 3.36. The zero-order valence-corrected chi connectivity index (χ0v) is 10.8. The molecule has 3 heteroatoms. The number of hydrogen-bond donors (Lipinski definition) is 1. The van der Waals surface area contributed by atoms with Crippen LogP contribution in [0.3, 0.4) is 0 Å². The number of para-hydroxylation sites is 2. The summed E-state index contributed by atoms with van der Waals surface area (Å²) in [5.41, 5.74) is 1.24. The monoisotopic (exact) mass is 234 g/mol. The highest BCUT2D eigenvalue weighted by molar-refractivity contribution is 5.58. The number of nitrogens with one attached hydrogen (secondary N) is 1. The van der Waals surface area contributed by atoms with Gasteiger partial charge in [0.25, 0.3) is 0 Å². The largest absolute Gasteiger partial charge is 0.492 e. The summed E-state index contributed by atoms with van der Waals surface area (Å²) >= 11 is 0. The number of anilines is 1. The highest BCUT2D eigenvalue weighted by atomic mass is 16.5. The van der Waals surface area contributed by atoms with E-state index >= 15 is 0 Å². The molecule has 0 aromatic heterocycles. The molecule has 1 heterocycles. The fourth-order valence-electron chi connectivity index (χ4n) is 2.41. The van der Waals surface area contributed by atoms with Gasteiger partial charge < -0.3 is 15.0 Å². The van der Waals surface area contributed by atoms with Crippen molar-refractivity contribution < 1.29 is 4.74 Å². The van der Waals surface area contributed by atoms with Crippen LogP contribution in [0.2, 0.25) is 0 Å². The zero-order chi connectivity index (χ0) is 12.1. The summed E-state index contributed by atoms with van der Waals surface area (Å²) < 4.78 is 5.69. The molecule has 1 aliphatic heterocycles. The first-order valence-corrected chi connectivity index (χ1v) is 6.49. The Morgan fingerprint density at radius 2 is 2.00 bits per heavy atom. The molecule has 0 radical (unpaired) electrons. The molecule has 1 aliphatic rings. The molecule has 1 saturated heterocycles. The van der Waals surface area contributed by atoms with Crippen molar-refractivity contribution >= 4 is 5.69 Å². The van der Waals surface area contributed by atoms with Crippen molar-refractivity contribution in [2.75, 3.05) is 31.6 Å². The van der Waals surface area contributed by atoms with Gasteiger partial charge in [-0.05, 0) is 38.9 Å². The van der Waals surface area contributed by atoms with Crippen molar-refractivity contribution in [2.45, 2.75) is 25.8 Å². The van der Waals surface area contributed by atoms with Crippen LogP contribution in [0, 0.1) is 0 Å². The maximum Gasteiger partial charge on any atom is 0.142 e. The molecule has 0 unspecified atom stereocenters. The average molecular weight is 234 g/mol. The van der Waals surface area contributed by atoms with Gasteiger partial charge in [0.2, 0.25) is 0 Å². The third kappa shape index (κ3) is 2.91. The van der Waals surface area contributed by atoms with Gasteiger partial charge in [-0.25, -0.2) is 0 Å². The standard InChI is InChI=1S/C14H22N2O/c1-3-17-14-7-5-4-6-13(14)16-10-8-12(15-2)9-11-16/h4-7,12,15H,3,8-11H2,1-2H3. The number of nitrogens with zero attached hydrogens (tertiary/aromatic N) is 1. The van der Waals surface area contributed by atoms with E-state index in [1.807, 2.05) is 13.0 Å². The Kier molecular flexibility index (Phi) is 4.26. The topological polar surface area (TPSA) is 24.5 Å². The van der Waals surface area contributed by atoms with Gasteiger partial charge in [0.1, 0.15) is 5.75 Å². The lowest BCUT2D eigenvalue weighted by atomic mass is 10.0. The van der Waals surface area contributed by atoms with E-state index in [4.69, 9.17) is 4.74 Å². The number of piperidine rings is 1. The van der Waals surface area contributed by atoms with Crippen molar-refractivity contribution in [2.24, 2.45) is 0 Å². The van der Waals surface area contributed by atoms with Crippen LogP contribution in [-0.4, -0.2) is 32.8 Å². The Labute approximate surface area is 104 Å². The highest BCUT2D eigenvalue weighted by Crippen LogP contribution is 2.30. The Balaban J connectivity index is 2.07. The second kappa shape index (κ2) is 5.92. The molecule has 2 rings (SSSR count). The fourth-order valence-corrected chi connectivity index (χ4v) is 2.41. The minimum absolute atomic E-state index is 0.672. The number of rotatable bonds is 4. The third-order valence-corrected chi connectivity index (χ3v) is 3.41. The smallest absolute Gasteiger partial charge is 0.142 e. The fraction of sp³-hybridized carbons (Fsp3) is 0.571. The van der Waals surface area contributed by atoms with Crippen LogP contribution in [0.5, 0.6) is 5.75 Å². The van der Waals surface area contributed by atoms with Crippen molar-refractivity contribution in [3.8, 4) is 5.75 Å². The number of ether oxygens (including phenoxy) is 1. The van der Waals surface area contributed by atoms with E-state index in [-0.39, 0.29) is 0 Å². The Morgan fingerprint density at radius 1 is 1.29 bits per heavy atom. The molecular weight excluding hydrogens is 212 g/mol. The summed E-state index contributed by atoms with van der Waals surface area (Å²) in [6.45, 7) is 4.97. The molecule has 1 aromatic rings. The van der Waals surface area contributed by atoms with Gasteiger partial charge in [-0.15, -0.1) is 0 Å². The van der Waals surface area contributed by atoms with Gasteiger partial charge in [-0.1, -0.05) is 12.1 Å². The molecule has 17 heavy (non-hydrogen) atoms. The maximum absolute atomic E-state index is 5.69. The van der Waals surface area contributed by atoms with Gasteiger partial charge in [0, 0.05) is 19.1 Å². The van der Waals surface area contributed by atoms with Crippen molar-refractivity contribution in [1.29, 1.82) is 0 Å². The molecule has 0 saturated carbocycles. The van der Waals surface area contributed by atoms with E-state index < -0.39 is 0 Å². The first-order valence-electron chi connectivity index (χ1n) is 6.49. The molecule has 0 amide bonds. The summed E-state index contributed by atoms with van der Waals surface area (Å²) in [4.78, 5) is 2.43. The van der Waals surface area contributed by atoms with Crippen LogP contribution in [0.15, 0.2) is 24.3 Å². The molecular formula is C14H22N2O. The van der Waals surface area contributed by atoms with Crippen LogP contribution in [0.4, 0.5) is 5.69 Å². The van der Waals surface area contributed by atoms with Crippen LogP contribution in [0.25, 0.3) is 0 Å². The maximum atomic E-state index is 5.69. The van der Waals surface area contributed by atoms with Crippen LogP contribution in [0.1, 0.15) is 19.8 Å². The van der Waals surface area contributed by atoms with Gasteiger partial charge in [-0.2, -0.15) is 0 Å². The molecule has 3 nitrogen and oxygen atoms in total. The highest BCUT2D eigenvalue weighted by Gasteiger charge is 2.19. The normalized spacial score (nSPS) is 17.2. The SMILES string of the molecule is CCOc1ccccc1N1CCC(NC)CC1. The van der Waals surface area contributed by atoms with Crippen molar-refractivity contribution in [1.82, 2.24) is 5.32 Å². The molecule has 1 fully saturated rings. The molecule has 0 atom stereocenters. The Hall–Kier alpha value is -1.22. The van der Waals surface area contributed by atoms with Crippen LogP contribution >= 0.6 is 0 Å². The lowest BCUT2D eigenvalue weighted by molar-refractivity contribution is 0.338. The lowest BCUT2D eigenvalue weighted by Crippen LogP contribution is -2.41. The van der Waals surface area contributed by atoms with E-state index in [0.717, 1.165) is 25.4 Å². The van der Waals surface area contributed by atoms with E-state index in [2.05, 4.69) is 35.5 Å². The molecule has 1 N–H and O–H groups in total. The molecule has 94 valence electrons. The van der Waals surface area contributed by atoms with E-state index in [0.29, 0.717) is 6.04 Å². The Morgan fingerprint density at radius 3 is 2.65 bits per heavy atom. The van der Waals surface area contributed by atoms with E-state index in [1.54, 1.807) is 0 Å². The second-order valence-electron chi connectivity index (χ2n) is 4.45. The van der Waals surface area contributed by atoms with Gasteiger partial charge in [-0.3, -0.25) is 0 Å². The lowest BCUT2D eigenvalue weighted by Gasteiger charge is -2.34. The van der Waals surface area contributed by atoms with Gasteiger partial charge >= 0.3 is 0 Å². The number of hydrogen-bond acceptors (Lipinski definition) is 3. The van der Waals surface area contributed by atoms with E-state index in [9.17, 15) is 0 Å². The van der Waals surface area contributed by atoms with Gasteiger partial charge in [0.05, 0.1) is 12.3 Å². The summed E-state index contributed by atoms with van der Waals surface area (Å²) in [6, 6.07) is 9.01. The van der Waals surface area contributed by atoms with E-state index in [1.165, 1.54) is 18.5 Å².